The van der Waals surface area contributed by atoms with Gasteiger partial charge in [-0.2, -0.15) is 0 Å². The van der Waals surface area contributed by atoms with E-state index < -0.39 is 17.2 Å². The van der Waals surface area contributed by atoms with E-state index in [4.69, 9.17) is 23.2 Å². The highest BCUT2D eigenvalue weighted by Crippen LogP contribution is 2.15. The molecule has 1 aromatic heterocycles. The third-order valence-corrected chi connectivity index (χ3v) is 4.73. The second kappa shape index (κ2) is 8.24. The van der Waals surface area contributed by atoms with Crippen LogP contribution in [0.2, 0.25) is 10.0 Å². The average Bonchev–Trinajstić information content (AvgIpc) is 2.65. The maximum Gasteiger partial charge on any atom is 0.328 e. The summed E-state index contributed by atoms with van der Waals surface area (Å²) in [5.41, 5.74) is -0.180. The lowest BCUT2D eigenvalue weighted by atomic mass is 10.2. The lowest BCUT2D eigenvalue weighted by Crippen LogP contribution is -2.40. The minimum atomic E-state index is -0.699. The molecular formula is C19H15Cl2N3O3. The molecule has 1 heterocycles. The lowest BCUT2D eigenvalue weighted by molar-refractivity contribution is 0.0948. The van der Waals surface area contributed by atoms with Gasteiger partial charge in [0.1, 0.15) is 5.56 Å². The molecule has 0 atom stereocenters. The zero-order valence-corrected chi connectivity index (χ0v) is 15.6. The van der Waals surface area contributed by atoms with Crippen molar-refractivity contribution in [1.82, 2.24) is 14.9 Å². The highest BCUT2D eigenvalue weighted by molar-refractivity contribution is 6.31. The maximum atomic E-state index is 12.6. The van der Waals surface area contributed by atoms with Crippen molar-refractivity contribution in [3.63, 3.8) is 0 Å². The van der Waals surface area contributed by atoms with Gasteiger partial charge in [-0.25, -0.2) is 4.79 Å². The molecule has 0 saturated carbocycles. The number of nitrogens with zero attached hydrogens (tertiary/aromatic N) is 1. The monoisotopic (exact) mass is 403 g/mol. The molecule has 0 aliphatic carbocycles. The van der Waals surface area contributed by atoms with Crippen LogP contribution in [0.1, 0.15) is 21.5 Å². The first-order chi connectivity index (χ1) is 13.0. The molecule has 6 nitrogen and oxygen atoms in total. The standard InChI is InChI=1S/C19H15Cl2N3O3/c20-15-7-3-1-5-12(15)9-22-17(25)14-10-23-19(27)24(18(14)26)11-13-6-2-4-8-16(13)21/h1-8,10H,9,11H2,(H,22,25)(H,23,27). The second-order valence-corrected chi connectivity index (χ2v) is 6.58. The first-order valence-electron chi connectivity index (χ1n) is 8.05. The van der Waals surface area contributed by atoms with E-state index in [9.17, 15) is 14.4 Å². The molecule has 138 valence electrons. The van der Waals surface area contributed by atoms with Crippen molar-refractivity contribution >= 4 is 29.1 Å². The molecule has 2 N–H and O–H groups in total. The quantitative estimate of drug-likeness (QED) is 0.686. The number of rotatable bonds is 5. The number of halogens is 2. The van der Waals surface area contributed by atoms with Crippen LogP contribution in [0, 0.1) is 0 Å². The molecule has 3 aromatic rings. The van der Waals surface area contributed by atoms with Crippen LogP contribution in [0.3, 0.4) is 0 Å². The van der Waals surface area contributed by atoms with Gasteiger partial charge < -0.3 is 10.3 Å². The number of carbonyl (C=O) groups is 1. The number of carbonyl (C=O) groups excluding carboxylic acids is 1. The first-order valence-corrected chi connectivity index (χ1v) is 8.80. The molecule has 2 aromatic carbocycles. The van der Waals surface area contributed by atoms with Crippen molar-refractivity contribution in [3.8, 4) is 0 Å². The van der Waals surface area contributed by atoms with Crippen molar-refractivity contribution in [2.75, 3.05) is 0 Å². The molecule has 0 unspecified atom stereocenters. The molecule has 3 rings (SSSR count). The number of amides is 1. The smallest absolute Gasteiger partial charge is 0.328 e. The van der Waals surface area contributed by atoms with Crippen molar-refractivity contribution in [2.24, 2.45) is 0 Å². The fourth-order valence-electron chi connectivity index (χ4n) is 2.53. The van der Waals surface area contributed by atoms with Crippen LogP contribution in [-0.4, -0.2) is 15.5 Å². The van der Waals surface area contributed by atoms with Crippen molar-refractivity contribution in [1.29, 1.82) is 0 Å². The molecule has 27 heavy (non-hydrogen) atoms. The van der Waals surface area contributed by atoms with Crippen LogP contribution >= 0.6 is 23.2 Å². The molecule has 1 amide bonds. The van der Waals surface area contributed by atoms with E-state index in [1.807, 2.05) is 0 Å². The summed E-state index contributed by atoms with van der Waals surface area (Å²) in [7, 11) is 0. The summed E-state index contributed by atoms with van der Waals surface area (Å²) in [5, 5.41) is 3.57. The summed E-state index contributed by atoms with van der Waals surface area (Å²) < 4.78 is 0.936. The fourth-order valence-corrected chi connectivity index (χ4v) is 2.92. The number of nitrogens with one attached hydrogen (secondary N) is 2. The third-order valence-electron chi connectivity index (χ3n) is 3.99. The highest BCUT2D eigenvalue weighted by Gasteiger charge is 2.15. The number of aromatic amines is 1. The van der Waals surface area contributed by atoms with Gasteiger partial charge in [0.2, 0.25) is 0 Å². The van der Waals surface area contributed by atoms with Crippen LogP contribution in [0.4, 0.5) is 0 Å². The van der Waals surface area contributed by atoms with Crippen molar-refractivity contribution in [3.05, 3.63) is 102 Å². The van der Waals surface area contributed by atoms with E-state index in [0.29, 0.717) is 21.2 Å². The summed E-state index contributed by atoms with van der Waals surface area (Å²) in [6.07, 6.45) is 1.11. The molecular weight excluding hydrogens is 389 g/mol. The zero-order chi connectivity index (χ0) is 19.4. The number of hydrogen-bond donors (Lipinski definition) is 2. The van der Waals surface area contributed by atoms with Crippen molar-refractivity contribution < 1.29 is 4.79 Å². The predicted molar refractivity (Wildman–Crippen MR) is 104 cm³/mol. The molecule has 0 aliphatic heterocycles. The van der Waals surface area contributed by atoms with Gasteiger partial charge in [-0.05, 0) is 23.3 Å². The molecule has 0 bridgehead atoms. The molecule has 0 aliphatic rings. The van der Waals surface area contributed by atoms with Gasteiger partial charge in [0.05, 0.1) is 6.54 Å². The fraction of sp³-hybridized carbons (Fsp3) is 0.105. The Morgan fingerprint density at radius 1 is 0.963 bits per heavy atom. The number of benzene rings is 2. The SMILES string of the molecule is O=C(NCc1ccccc1Cl)c1c[nH]c(=O)n(Cc2ccccc2Cl)c1=O. The molecule has 0 radical (unpaired) electrons. The normalized spacial score (nSPS) is 10.6. The average molecular weight is 404 g/mol. The number of aromatic nitrogens is 2. The van der Waals surface area contributed by atoms with E-state index in [2.05, 4.69) is 10.3 Å². The van der Waals surface area contributed by atoms with Gasteiger partial charge in [-0.3, -0.25) is 14.2 Å². The van der Waals surface area contributed by atoms with E-state index in [0.717, 1.165) is 10.8 Å². The van der Waals surface area contributed by atoms with Crippen LogP contribution in [0.25, 0.3) is 0 Å². The summed E-state index contributed by atoms with van der Waals surface area (Å²) in [6, 6.07) is 13.9. The first kappa shape index (κ1) is 18.9. The second-order valence-electron chi connectivity index (χ2n) is 5.76. The topological polar surface area (TPSA) is 84.0 Å². The summed E-state index contributed by atoms with van der Waals surface area (Å²) in [4.78, 5) is 39.5. The Hall–Kier alpha value is -2.83. The van der Waals surface area contributed by atoms with Gasteiger partial charge in [0.15, 0.2) is 0 Å². The molecule has 0 fully saturated rings. The minimum Gasteiger partial charge on any atom is -0.348 e. The number of hydrogen-bond acceptors (Lipinski definition) is 3. The van der Waals surface area contributed by atoms with Crippen molar-refractivity contribution in [2.45, 2.75) is 13.1 Å². The van der Waals surface area contributed by atoms with E-state index in [1.54, 1.807) is 48.5 Å². The van der Waals surface area contributed by atoms with Gasteiger partial charge in [0.25, 0.3) is 11.5 Å². The van der Waals surface area contributed by atoms with E-state index >= 15 is 0 Å². The Morgan fingerprint density at radius 2 is 1.56 bits per heavy atom. The van der Waals surface area contributed by atoms with Gasteiger partial charge in [-0.15, -0.1) is 0 Å². The molecule has 0 saturated heterocycles. The van der Waals surface area contributed by atoms with Gasteiger partial charge in [-0.1, -0.05) is 59.6 Å². The van der Waals surface area contributed by atoms with Crippen LogP contribution in [0.5, 0.6) is 0 Å². The summed E-state index contributed by atoms with van der Waals surface area (Å²) >= 11 is 12.2. The van der Waals surface area contributed by atoms with E-state index in [1.165, 1.54) is 0 Å². The Bertz CT molecular complexity index is 1110. The highest BCUT2D eigenvalue weighted by atomic mass is 35.5. The predicted octanol–water partition coefficient (Wildman–Crippen LogP) is 2.82. The molecule has 0 spiro atoms. The minimum absolute atomic E-state index is 0.0422. The van der Waals surface area contributed by atoms with Crippen LogP contribution < -0.4 is 16.6 Å². The van der Waals surface area contributed by atoms with Gasteiger partial charge >= 0.3 is 5.69 Å². The zero-order valence-electron chi connectivity index (χ0n) is 14.0. The summed E-state index contributed by atoms with van der Waals surface area (Å²) in [5.74, 6) is -0.607. The van der Waals surface area contributed by atoms with E-state index in [-0.39, 0.29) is 18.7 Å². The maximum absolute atomic E-state index is 12.6. The van der Waals surface area contributed by atoms with Crippen LogP contribution in [0.15, 0.2) is 64.3 Å². The lowest BCUT2D eigenvalue weighted by Gasteiger charge is -2.09. The Kier molecular flexibility index (Phi) is 5.78. The number of H-pyrrole nitrogens is 1. The Morgan fingerprint density at radius 3 is 2.19 bits per heavy atom. The Labute approximate surface area is 164 Å². The third kappa shape index (κ3) is 4.30. The van der Waals surface area contributed by atoms with Crippen LogP contribution in [-0.2, 0) is 13.1 Å². The Balaban J connectivity index is 1.85. The summed E-state index contributed by atoms with van der Waals surface area (Å²) in [6.45, 7) is 0.112. The van der Waals surface area contributed by atoms with Gasteiger partial charge in [0, 0.05) is 22.8 Å². The molecule has 8 heteroatoms. The largest absolute Gasteiger partial charge is 0.348 e.